The topological polar surface area (TPSA) is 45.5 Å². The lowest BCUT2D eigenvalue weighted by atomic mass is 10.1. The van der Waals surface area contributed by atoms with Crippen LogP contribution in [0.15, 0.2) is 77.4 Å². The van der Waals surface area contributed by atoms with Gasteiger partial charge in [0.1, 0.15) is 0 Å². The number of carbonyl (C=O) groups excluding carboxylic acids is 1. The van der Waals surface area contributed by atoms with Gasteiger partial charge in [0.25, 0.3) is 5.91 Å². The van der Waals surface area contributed by atoms with Gasteiger partial charge in [-0.25, -0.2) is 0 Å². The van der Waals surface area contributed by atoms with E-state index < -0.39 is 0 Å². The number of para-hydroxylation sites is 1. The lowest BCUT2D eigenvalue weighted by Gasteiger charge is -2.27. The Balaban J connectivity index is 1.65. The number of nitrogens with one attached hydrogen (secondary N) is 1. The van der Waals surface area contributed by atoms with Gasteiger partial charge >= 0.3 is 0 Å². The summed E-state index contributed by atoms with van der Waals surface area (Å²) in [6.07, 6.45) is 1.55. The number of hydrogen-bond acceptors (Lipinski definition) is 3. The predicted molar refractivity (Wildman–Crippen MR) is 101 cm³/mol. The maximum atomic E-state index is 12.5. The Bertz CT molecular complexity index is 812. The standard InChI is InChI=1S/C21H22N2O2/c1-16(23(2)18-11-7-4-8-12-18)15-22-21(24)20-19(13-14-25-20)17-9-5-3-6-10-17/h3-14,16H,15H2,1-2H3,(H,22,24). The van der Waals surface area contributed by atoms with Crippen molar-refractivity contribution in [2.75, 3.05) is 18.5 Å². The molecule has 3 rings (SSSR count). The highest BCUT2D eigenvalue weighted by Crippen LogP contribution is 2.24. The molecule has 1 amide bonds. The zero-order valence-corrected chi connectivity index (χ0v) is 14.5. The van der Waals surface area contributed by atoms with Crippen molar-refractivity contribution in [1.82, 2.24) is 5.32 Å². The van der Waals surface area contributed by atoms with Crippen LogP contribution in [0.3, 0.4) is 0 Å². The summed E-state index contributed by atoms with van der Waals surface area (Å²) < 4.78 is 5.43. The fraction of sp³-hybridized carbons (Fsp3) is 0.190. The van der Waals surface area contributed by atoms with Crippen molar-refractivity contribution >= 4 is 11.6 Å². The first kappa shape index (κ1) is 16.8. The largest absolute Gasteiger partial charge is 0.459 e. The van der Waals surface area contributed by atoms with Gasteiger partial charge in [-0.1, -0.05) is 48.5 Å². The second-order valence-electron chi connectivity index (χ2n) is 6.03. The van der Waals surface area contributed by atoms with Crippen molar-refractivity contribution < 1.29 is 9.21 Å². The van der Waals surface area contributed by atoms with Gasteiger partial charge in [-0.3, -0.25) is 4.79 Å². The molecule has 4 heteroatoms. The minimum absolute atomic E-state index is 0.154. The highest BCUT2D eigenvalue weighted by Gasteiger charge is 2.18. The van der Waals surface area contributed by atoms with Crippen molar-refractivity contribution in [1.29, 1.82) is 0 Å². The SMILES string of the molecule is CC(CNC(=O)c1occc1-c1ccccc1)N(C)c1ccccc1. The van der Waals surface area contributed by atoms with Gasteiger partial charge in [-0.15, -0.1) is 0 Å². The molecule has 1 unspecified atom stereocenters. The molecule has 1 N–H and O–H groups in total. The van der Waals surface area contributed by atoms with Crippen LogP contribution < -0.4 is 10.2 Å². The molecule has 1 heterocycles. The van der Waals surface area contributed by atoms with Gasteiger partial charge in [0.05, 0.1) is 6.26 Å². The summed E-state index contributed by atoms with van der Waals surface area (Å²) in [5.74, 6) is 0.151. The number of rotatable bonds is 6. The number of hydrogen-bond donors (Lipinski definition) is 1. The first-order chi connectivity index (χ1) is 12.2. The van der Waals surface area contributed by atoms with Gasteiger partial charge < -0.3 is 14.6 Å². The van der Waals surface area contributed by atoms with Crippen LogP contribution in [0.1, 0.15) is 17.5 Å². The normalized spacial score (nSPS) is 11.8. The average Bonchev–Trinajstić information content (AvgIpc) is 3.16. The molecule has 0 bridgehead atoms. The molecule has 4 nitrogen and oxygen atoms in total. The van der Waals surface area contributed by atoms with Crippen LogP contribution in [0, 0.1) is 0 Å². The molecule has 3 aromatic rings. The van der Waals surface area contributed by atoms with Crippen LogP contribution in [-0.4, -0.2) is 25.5 Å². The van der Waals surface area contributed by atoms with E-state index in [4.69, 9.17) is 4.42 Å². The predicted octanol–water partition coefficient (Wildman–Crippen LogP) is 4.20. The van der Waals surface area contributed by atoms with Crippen LogP contribution in [0.5, 0.6) is 0 Å². The molecule has 0 radical (unpaired) electrons. The van der Waals surface area contributed by atoms with Gasteiger partial charge in [0, 0.05) is 30.9 Å². The molecule has 1 aromatic heterocycles. The molecule has 0 saturated carbocycles. The molecular weight excluding hydrogens is 312 g/mol. The third-order valence-electron chi connectivity index (χ3n) is 4.34. The maximum absolute atomic E-state index is 12.5. The molecule has 25 heavy (non-hydrogen) atoms. The summed E-state index contributed by atoms with van der Waals surface area (Å²) in [7, 11) is 2.02. The van der Waals surface area contributed by atoms with E-state index in [0.29, 0.717) is 12.3 Å². The Labute approximate surface area is 148 Å². The summed E-state index contributed by atoms with van der Waals surface area (Å²) >= 11 is 0. The van der Waals surface area contributed by atoms with Crippen LogP contribution in [0.2, 0.25) is 0 Å². The first-order valence-electron chi connectivity index (χ1n) is 8.36. The van der Waals surface area contributed by atoms with E-state index in [1.54, 1.807) is 6.26 Å². The number of anilines is 1. The highest BCUT2D eigenvalue weighted by atomic mass is 16.3. The molecule has 2 aromatic carbocycles. The Hall–Kier alpha value is -3.01. The van der Waals surface area contributed by atoms with Crippen LogP contribution in [0.25, 0.3) is 11.1 Å². The van der Waals surface area contributed by atoms with E-state index in [2.05, 4.69) is 29.3 Å². The highest BCUT2D eigenvalue weighted by molar-refractivity contribution is 5.98. The summed E-state index contributed by atoms with van der Waals surface area (Å²) in [6.45, 7) is 2.60. The Morgan fingerprint density at radius 3 is 2.36 bits per heavy atom. The van der Waals surface area contributed by atoms with Crippen molar-refractivity contribution in [3.8, 4) is 11.1 Å². The minimum atomic E-state index is -0.197. The number of amides is 1. The molecule has 128 valence electrons. The summed E-state index contributed by atoms with van der Waals surface area (Å²) in [4.78, 5) is 14.7. The second-order valence-corrected chi connectivity index (χ2v) is 6.03. The summed E-state index contributed by atoms with van der Waals surface area (Å²) in [6, 6.07) is 21.9. The number of furan rings is 1. The molecule has 1 atom stereocenters. The zero-order chi connectivity index (χ0) is 17.6. The first-order valence-corrected chi connectivity index (χ1v) is 8.36. The number of carbonyl (C=O) groups is 1. The van der Waals surface area contributed by atoms with Gasteiger partial charge in [0.15, 0.2) is 5.76 Å². The fourth-order valence-electron chi connectivity index (χ4n) is 2.71. The average molecular weight is 334 g/mol. The second kappa shape index (κ2) is 7.71. The van der Waals surface area contributed by atoms with Crippen molar-refractivity contribution in [3.63, 3.8) is 0 Å². The third kappa shape index (κ3) is 3.91. The minimum Gasteiger partial charge on any atom is -0.459 e. The van der Waals surface area contributed by atoms with E-state index in [1.165, 1.54) is 0 Å². The molecular formula is C21H22N2O2. The lowest BCUT2D eigenvalue weighted by Crippen LogP contribution is -2.40. The van der Waals surface area contributed by atoms with Crippen molar-refractivity contribution in [3.05, 3.63) is 78.8 Å². The number of likely N-dealkylation sites (N-methyl/N-ethyl adjacent to an activating group) is 1. The number of benzene rings is 2. The van der Waals surface area contributed by atoms with E-state index in [0.717, 1.165) is 16.8 Å². The fourth-order valence-corrected chi connectivity index (χ4v) is 2.71. The monoisotopic (exact) mass is 334 g/mol. The Morgan fingerprint density at radius 1 is 1.04 bits per heavy atom. The molecule has 0 spiro atoms. The maximum Gasteiger partial charge on any atom is 0.287 e. The Morgan fingerprint density at radius 2 is 1.68 bits per heavy atom. The molecule has 0 fully saturated rings. The zero-order valence-electron chi connectivity index (χ0n) is 14.5. The van der Waals surface area contributed by atoms with Crippen LogP contribution in [-0.2, 0) is 0 Å². The van der Waals surface area contributed by atoms with E-state index >= 15 is 0 Å². The van der Waals surface area contributed by atoms with Gasteiger partial charge in [-0.05, 0) is 30.7 Å². The summed E-state index contributed by atoms with van der Waals surface area (Å²) in [5.41, 5.74) is 2.89. The number of nitrogens with zero attached hydrogens (tertiary/aromatic N) is 1. The Kier molecular flexibility index (Phi) is 5.19. The van der Waals surface area contributed by atoms with Gasteiger partial charge in [-0.2, -0.15) is 0 Å². The smallest absolute Gasteiger partial charge is 0.287 e. The van der Waals surface area contributed by atoms with E-state index in [9.17, 15) is 4.79 Å². The van der Waals surface area contributed by atoms with Gasteiger partial charge in [0.2, 0.25) is 0 Å². The van der Waals surface area contributed by atoms with E-state index in [1.807, 2.05) is 61.6 Å². The van der Waals surface area contributed by atoms with E-state index in [-0.39, 0.29) is 11.9 Å². The molecule has 0 aliphatic rings. The third-order valence-corrected chi connectivity index (χ3v) is 4.34. The summed E-state index contributed by atoms with van der Waals surface area (Å²) in [5, 5.41) is 2.97. The van der Waals surface area contributed by atoms with Crippen molar-refractivity contribution in [2.45, 2.75) is 13.0 Å². The molecule has 0 saturated heterocycles. The van der Waals surface area contributed by atoms with Crippen molar-refractivity contribution in [2.24, 2.45) is 0 Å². The molecule has 0 aliphatic carbocycles. The quantitative estimate of drug-likeness (QED) is 0.735. The molecule has 0 aliphatic heterocycles. The van der Waals surface area contributed by atoms with Crippen LogP contribution in [0.4, 0.5) is 5.69 Å². The lowest BCUT2D eigenvalue weighted by molar-refractivity contribution is 0.0925. The van der Waals surface area contributed by atoms with Crippen LogP contribution >= 0.6 is 0 Å².